The molecule has 0 aliphatic carbocycles. The third kappa shape index (κ3) is 5.89. The second-order valence-corrected chi connectivity index (χ2v) is 5.99. The first-order chi connectivity index (χ1) is 12.5. The lowest BCUT2D eigenvalue weighted by Gasteiger charge is -2.19. The highest BCUT2D eigenvalue weighted by molar-refractivity contribution is 6.41. The molecule has 0 spiro atoms. The van der Waals surface area contributed by atoms with E-state index in [1.165, 1.54) is 0 Å². The highest BCUT2D eigenvalue weighted by atomic mass is 35.5. The molecule has 26 heavy (non-hydrogen) atoms. The van der Waals surface area contributed by atoms with Crippen LogP contribution in [0.1, 0.15) is 11.1 Å². The SMILES string of the molecule is O=C(NC(Cc1ccccc1)C(=O)C(Cl)C(=O)O)OCc1ccccc1. The van der Waals surface area contributed by atoms with Gasteiger partial charge >= 0.3 is 12.1 Å². The summed E-state index contributed by atoms with van der Waals surface area (Å²) in [5, 5.41) is 9.62. The molecule has 0 aromatic heterocycles. The number of rotatable bonds is 8. The Morgan fingerprint density at radius 1 is 0.962 bits per heavy atom. The number of ketones is 1. The Balaban J connectivity index is 2.03. The number of carboxylic acid groups (broad SMARTS) is 1. The number of amides is 1. The molecule has 6 nitrogen and oxygen atoms in total. The van der Waals surface area contributed by atoms with Gasteiger partial charge in [-0.25, -0.2) is 4.79 Å². The number of nitrogens with one attached hydrogen (secondary N) is 1. The van der Waals surface area contributed by atoms with Crippen LogP contribution in [0.25, 0.3) is 0 Å². The number of aliphatic carboxylic acids is 1. The molecule has 0 heterocycles. The van der Waals surface area contributed by atoms with Crippen molar-refractivity contribution in [1.82, 2.24) is 5.32 Å². The van der Waals surface area contributed by atoms with Gasteiger partial charge in [-0.2, -0.15) is 0 Å². The van der Waals surface area contributed by atoms with Crippen molar-refractivity contribution >= 4 is 29.4 Å². The van der Waals surface area contributed by atoms with E-state index in [1.807, 2.05) is 24.3 Å². The minimum absolute atomic E-state index is 0.0299. The molecule has 2 unspecified atom stereocenters. The molecule has 2 rings (SSSR count). The fraction of sp³-hybridized carbons (Fsp3) is 0.211. The maximum Gasteiger partial charge on any atom is 0.408 e. The fourth-order valence-electron chi connectivity index (χ4n) is 2.28. The summed E-state index contributed by atoms with van der Waals surface area (Å²) < 4.78 is 5.09. The Hall–Kier alpha value is -2.86. The van der Waals surface area contributed by atoms with Crippen molar-refractivity contribution in [2.45, 2.75) is 24.4 Å². The van der Waals surface area contributed by atoms with E-state index in [-0.39, 0.29) is 13.0 Å². The predicted molar refractivity (Wildman–Crippen MR) is 96.0 cm³/mol. The molecule has 2 aromatic rings. The highest BCUT2D eigenvalue weighted by Gasteiger charge is 2.32. The number of carboxylic acids is 1. The Kier molecular flexibility index (Phi) is 7.17. The molecule has 0 saturated heterocycles. The van der Waals surface area contributed by atoms with Crippen molar-refractivity contribution in [2.75, 3.05) is 0 Å². The zero-order valence-corrected chi connectivity index (χ0v) is 14.6. The van der Waals surface area contributed by atoms with Crippen molar-refractivity contribution in [3.8, 4) is 0 Å². The summed E-state index contributed by atoms with van der Waals surface area (Å²) in [6.45, 7) is 0.0299. The Morgan fingerprint density at radius 3 is 2.04 bits per heavy atom. The molecule has 7 heteroatoms. The molecule has 0 aliphatic rings. The molecule has 0 bridgehead atoms. The van der Waals surface area contributed by atoms with Crippen LogP contribution in [0, 0.1) is 0 Å². The first-order valence-corrected chi connectivity index (χ1v) is 8.32. The molecular formula is C19H18ClNO5. The largest absolute Gasteiger partial charge is 0.480 e. The van der Waals surface area contributed by atoms with Gasteiger partial charge in [0, 0.05) is 0 Å². The van der Waals surface area contributed by atoms with E-state index in [0.29, 0.717) is 0 Å². The van der Waals surface area contributed by atoms with E-state index in [4.69, 9.17) is 21.4 Å². The Morgan fingerprint density at radius 2 is 1.50 bits per heavy atom. The Bertz CT molecular complexity index is 751. The second kappa shape index (κ2) is 9.58. The highest BCUT2D eigenvalue weighted by Crippen LogP contribution is 2.10. The van der Waals surface area contributed by atoms with Crippen LogP contribution in [0.3, 0.4) is 0 Å². The number of hydrogen-bond acceptors (Lipinski definition) is 4. The first-order valence-electron chi connectivity index (χ1n) is 7.89. The van der Waals surface area contributed by atoms with Crippen LogP contribution >= 0.6 is 11.6 Å². The number of alkyl carbamates (subject to hydrolysis) is 1. The lowest BCUT2D eigenvalue weighted by molar-refractivity contribution is -0.140. The van der Waals surface area contributed by atoms with E-state index >= 15 is 0 Å². The summed E-state index contributed by atoms with van der Waals surface area (Å²) in [6, 6.07) is 16.8. The third-order valence-electron chi connectivity index (χ3n) is 3.60. The van der Waals surface area contributed by atoms with Crippen LogP contribution in [0.15, 0.2) is 60.7 Å². The minimum atomic E-state index is -1.75. The number of alkyl halides is 1. The summed E-state index contributed by atoms with van der Waals surface area (Å²) in [6.07, 6.45) is -0.714. The van der Waals surface area contributed by atoms with E-state index in [0.717, 1.165) is 11.1 Å². The maximum atomic E-state index is 12.3. The number of carbonyl (C=O) groups excluding carboxylic acids is 2. The fourth-order valence-corrected chi connectivity index (χ4v) is 2.43. The summed E-state index contributed by atoms with van der Waals surface area (Å²) in [4.78, 5) is 35.4. The van der Waals surface area contributed by atoms with Crippen LogP contribution in [0.2, 0.25) is 0 Å². The summed E-state index contributed by atoms with van der Waals surface area (Å²) in [5.74, 6) is -2.27. The number of carbonyl (C=O) groups is 3. The predicted octanol–water partition coefficient (Wildman–Crippen LogP) is 2.79. The lowest BCUT2D eigenvalue weighted by atomic mass is 10.0. The number of ether oxygens (including phenoxy) is 1. The minimum Gasteiger partial charge on any atom is -0.480 e. The second-order valence-electron chi connectivity index (χ2n) is 5.55. The first kappa shape index (κ1) is 19.5. The smallest absolute Gasteiger partial charge is 0.408 e. The van der Waals surface area contributed by atoms with Crippen LogP contribution in [0.4, 0.5) is 4.79 Å². The number of benzene rings is 2. The molecule has 0 fully saturated rings. The zero-order valence-electron chi connectivity index (χ0n) is 13.8. The molecule has 0 saturated carbocycles. The van der Waals surface area contributed by atoms with Crippen LogP contribution < -0.4 is 5.32 Å². The van der Waals surface area contributed by atoms with Gasteiger partial charge in [0.2, 0.25) is 0 Å². The summed E-state index contributed by atoms with van der Waals surface area (Å²) in [5.41, 5.74) is 1.54. The van der Waals surface area contributed by atoms with Gasteiger partial charge in [0.1, 0.15) is 6.61 Å². The van der Waals surface area contributed by atoms with Gasteiger partial charge < -0.3 is 15.2 Å². The normalized spacial score (nSPS) is 12.7. The third-order valence-corrected chi connectivity index (χ3v) is 4.00. The van der Waals surface area contributed by atoms with Crippen molar-refractivity contribution < 1.29 is 24.2 Å². The molecule has 136 valence electrons. The number of Topliss-reactive ketones (excluding diaryl/α,β-unsaturated/α-hetero) is 1. The quantitative estimate of drug-likeness (QED) is 0.546. The van der Waals surface area contributed by atoms with E-state index in [1.54, 1.807) is 36.4 Å². The molecule has 2 N–H and O–H groups in total. The Labute approximate surface area is 155 Å². The monoisotopic (exact) mass is 375 g/mol. The van der Waals surface area contributed by atoms with Gasteiger partial charge in [-0.15, -0.1) is 11.6 Å². The van der Waals surface area contributed by atoms with E-state index in [9.17, 15) is 14.4 Å². The van der Waals surface area contributed by atoms with E-state index < -0.39 is 29.3 Å². The average molecular weight is 376 g/mol. The molecule has 2 aromatic carbocycles. The standard InChI is InChI=1S/C19H18ClNO5/c20-16(18(23)24)17(22)15(11-13-7-3-1-4-8-13)21-19(25)26-12-14-9-5-2-6-10-14/h1-10,15-16H,11-12H2,(H,21,25)(H,23,24). The molecule has 0 radical (unpaired) electrons. The van der Waals surface area contributed by atoms with Crippen molar-refractivity contribution in [1.29, 1.82) is 0 Å². The molecule has 1 amide bonds. The van der Waals surface area contributed by atoms with Crippen LogP contribution in [-0.4, -0.2) is 34.4 Å². The van der Waals surface area contributed by atoms with Crippen molar-refractivity contribution in [3.63, 3.8) is 0 Å². The maximum absolute atomic E-state index is 12.3. The van der Waals surface area contributed by atoms with Gasteiger partial charge in [-0.1, -0.05) is 60.7 Å². The van der Waals surface area contributed by atoms with Crippen LogP contribution in [0.5, 0.6) is 0 Å². The zero-order chi connectivity index (χ0) is 18.9. The molecule has 0 aliphatic heterocycles. The topological polar surface area (TPSA) is 92.7 Å². The number of halogens is 1. The van der Waals surface area contributed by atoms with Gasteiger partial charge in [-0.3, -0.25) is 9.59 Å². The van der Waals surface area contributed by atoms with Gasteiger partial charge in [0.05, 0.1) is 6.04 Å². The van der Waals surface area contributed by atoms with Crippen molar-refractivity contribution in [3.05, 3.63) is 71.8 Å². The average Bonchev–Trinajstić information content (AvgIpc) is 2.66. The molecule has 2 atom stereocenters. The van der Waals surface area contributed by atoms with Gasteiger partial charge in [0.25, 0.3) is 0 Å². The molecular weight excluding hydrogens is 358 g/mol. The summed E-state index contributed by atoms with van der Waals surface area (Å²) in [7, 11) is 0. The van der Waals surface area contributed by atoms with Crippen molar-refractivity contribution in [2.24, 2.45) is 0 Å². The van der Waals surface area contributed by atoms with Gasteiger partial charge in [0.15, 0.2) is 11.2 Å². The van der Waals surface area contributed by atoms with Gasteiger partial charge in [-0.05, 0) is 17.5 Å². The van der Waals surface area contributed by atoms with Crippen LogP contribution in [-0.2, 0) is 27.4 Å². The van der Waals surface area contributed by atoms with E-state index in [2.05, 4.69) is 5.32 Å². The number of hydrogen-bond donors (Lipinski definition) is 2. The lowest BCUT2D eigenvalue weighted by Crippen LogP contribution is -2.47. The summed E-state index contributed by atoms with van der Waals surface area (Å²) >= 11 is 5.64.